The number of unbranched alkanes of at least 4 members (excludes halogenated alkanes) is 1. The maximum Gasteiger partial charge on any atom is 0.130 e. The number of hydrogen-bond acceptors (Lipinski definition) is 3. The van der Waals surface area contributed by atoms with E-state index in [4.69, 9.17) is 4.74 Å². The number of hydrogen-bond donors (Lipinski definition) is 2. The van der Waals surface area contributed by atoms with Gasteiger partial charge in [0.2, 0.25) is 0 Å². The minimum absolute atomic E-state index is 0. The average molecular weight is 455 g/mol. The van der Waals surface area contributed by atoms with Crippen LogP contribution in [-0.4, -0.2) is 17.9 Å². The van der Waals surface area contributed by atoms with E-state index in [1.807, 2.05) is 56.4 Å². The lowest BCUT2D eigenvalue weighted by molar-refractivity contribution is -0.116. The van der Waals surface area contributed by atoms with Gasteiger partial charge < -0.3 is 20.7 Å². The molecule has 4 heteroatoms. The van der Waals surface area contributed by atoms with Gasteiger partial charge in [-0.2, -0.15) is 0 Å². The number of benzene rings is 2. The van der Waals surface area contributed by atoms with Crippen LogP contribution in [0.4, 0.5) is 0 Å². The summed E-state index contributed by atoms with van der Waals surface area (Å²) < 4.78 is 5.14. The first kappa shape index (κ1) is 34.6. The molecule has 1 heterocycles. The summed E-state index contributed by atoms with van der Waals surface area (Å²) in [5.41, 5.74) is 3.65. The van der Waals surface area contributed by atoms with Gasteiger partial charge in [-0.3, -0.25) is 0 Å². The Hall–Kier alpha value is -3.03. The van der Waals surface area contributed by atoms with E-state index >= 15 is 0 Å². The normalized spacial score (nSPS) is 8.52. The van der Waals surface area contributed by atoms with Crippen molar-refractivity contribution < 1.29 is 9.53 Å². The van der Waals surface area contributed by atoms with Crippen molar-refractivity contribution >= 4 is 16.7 Å². The molecule has 2 aromatic carbocycles. The molecular formula is C29H46N2O2. The second-order valence-corrected chi connectivity index (χ2v) is 6.73. The van der Waals surface area contributed by atoms with Crippen LogP contribution in [0.25, 0.3) is 10.9 Å². The standard InChI is InChI=1S/C12H13NO.C9H12O.C4H10.C2H6.C2H2.H3N/c1-9(14)6-7-10-8-13-12-5-3-2-4-11(10)12;1-3-8-6-4-5-7-9(8)10-2;1-3-4-2;2*1-2;/h2-5,8,13H,6-7H2,1H3;4-7H,3H2,1-2H3;3-4H2,1-2H3;1-2H3;1-2H;1H3. The molecule has 0 unspecified atom stereocenters. The molecule has 0 saturated carbocycles. The molecule has 0 aliphatic heterocycles. The zero-order valence-electron chi connectivity index (χ0n) is 21.9. The van der Waals surface area contributed by atoms with Gasteiger partial charge in [0.15, 0.2) is 0 Å². The summed E-state index contributed by atoms with van der Waals surface area (Å²) in [5.74, 6) is 1.24. The summed E-state index contributed by atoms with van der Waals surface area (Å²) >= 11 is 0. The minimum atomic E-state index is 0. The average Bonchev–Trinajstić information content (AvgIpc) is 3.28. The quantitative estimate of drug-likeness (QED) is 0.368. The molecule has 4 N–H and O–H groups in total. The Morgan fingerprint density at radius 1 is 0.909 bits per heavy atom. The fourth-order valence-electron chi connectivity index (χ4n) is 2.64. The molecule has 33 heavy (non-hydrogen) atoms. The van der Waals surface area contributed by atoms with Crippen LogP contribution in [0.2, 0.25) is 0 Å². The maximum absolute atomic E-state index is 10.9. The molecule has 3 aromatic rings. The first-order valence-electron chi connectivity index (χ1n) is 11.6. The van der Waals surface area contributed by atoms with E-state index in [1.165, 1.54) is 29.4 Å². The first-order valence-corrected chi connectivity index (χ1v) is 11.6. The first-order chi connectivity index (χ1) is 15.6. The van der Waals surface area contributed by atoms with Crippen LogP contribution in [-0.2, 0) is 17.6 Å². The number of nitrogens with one attached hydrogen (secondary N) is 1. The molecule has 184 valence electrons. The molecule has 0 bridgehead atoms. The number of aromatic nitrogens is 1. The van der Waals surface area contributed by atoms with E-state index in [0.717, 1.165) is 24.1 Å². The lowest BCUT2D eigenvalue weighted by Crippen LogP contribution is -1.92. The van der Waals surface area contributed by atoms with Gasteiger partial charge in [0.1, 0.15) is 11.5 Å². The number of H-pyrrole nitrogens is 1. The number of fused-ring (bicyclic) bond motifs is 1. The Labute approximate surface area is 202 Å². The summed E-state index contributed by atoms with van der Waals surface area (Å²) in [6.45, 7) is 12.1. The summed E-state index contributed by atoms with van der Waals surface area (Å²) in [7, 11) is 1.70. The van der Waals surface area contributed by atoms with Crippen molar-refractivity contribution in [1.29, 1.82) is 0 Å². The van der Waals surface area contributed by atoms with E-state index in [1.54, 1.807) is 14.0 Å². The van der Waals surface area contributed by atoms with Gasteiger partial charge in [0.05, 0.1) is 7.11 Å². The molecular weight excluding hydrogens is 408 g/mol. The van der Waals surface area contributed by atoms with E-state index in [2.05, 4.69) is 50.7 Å². The van der Waals surface area contributed by atoms with Gasteiger partial charge in [-0.1, -0.05) is 83.9 Å². The number of rotatable bonds is 6. The van der Waals surface area contributed by atoms with Crippen molar-refractivity contribution in [2.45, 2.75) is 73.6 Å². The zero-order valence-corrected chi connectivity index (χ0v) is 21.9. The molecule has 0 aliphatic rings. The highest BCUT2D eigenvalue weighted by Gasteiger charge is 2.03. The SMILES string of the molecule is C#C.CC.CC(=O)CCc1c[nH]c2ccccc12.CCCC.CCc1ccccc1OC.N. The van der Waals surface area contributed by atoms with Crippen LogP contribution in [0.3, 0.4) is 0 Å². The number of ether oxygens (including phenoxy) is 1. The third kappa shape index (κ3) is 14.6. The molecule has 0 saturated heterocycles. The number of ketones is 1. The summed E-state index contributed by atoms with van der Waals surface area (Å²) in [5, 5.41) is 1.23. The topological polar surface area (TPSA) is 77.1 Å². The zero-order chi connectivity index (χ0) is 24.8. The monoisotopic (exact) mass is 454 g/mol. The van der Waals surface area contributed by atoms with E-state index in [0.29, 0.717) is 6.42 Å². The number of Topliss-reactive ketones (excluding diaryl/α,β-unsaturated/α-hetero) is 1. The Kier molecular flexibility index (Phi) is 24.8. The number of carbonyl (C=O) groups excluding carboxylic acids is 1. The molecule has 0 spiro atoms. The number of carbonyl (C=O) groups is 1. The third-order valence-corrected chi connectivity index (χ3v) is 4.49. The van der Waals surface area contributed by atoms with Gasteiger partial charge in [0, 0.05) is 23.5 Å². The fourth-order valence-corrected chi connectivity index (χ4v) is 2.64. The summed E-state index contributed by atoms with van der Waals surface area (Å²) in [6, 6.07) is 16.2. The lowest BCUT2D eigenvalue weighted by Gasteiger charge is -2.03. The molecule has 1 aromatic heterocycles. The molecule has 4 nitrogen and oxygen atoms in total. The largest absolute Gasteiger partial charge is 0.496 e. The van der Waals surface area contributed by atoms with Crippen molar-refractivity contribution in [2.75, 3.05) is 7.11 Å². The van der Waals surface area contributed by atoms with Crippen LogP contribution in [0.1, 0.15) is 71.9 Å². The van der Waals surface area contributed by atoms with E-state index in [-0.39, 0.29) is 11.9 Å². The Balaban J connectivity index is -0.000000418. The van der Waals surface area contributed by atoms with Gasteiger partial charge >= 0.3 is 0 Å². The molecule has 0 aliphatic carbocycles. The fraction of sp³-hybridized carbons (Fsp3) is 0.414. The van der Waals surface area contributed by atoms with E-state index < -0.39 is 0 Å². The van der Waals surface area contributed by atoms with Crippen molar-refractivity contribution in [3.63, 3.8) is 0 Å². The van der Waals surface area contributed by atoms with Gasteiger partial charge in [-0.25, -0.2) is 0 Å². The number of para-hydroxylation sites is 2. The van der Waals surface area contributed by atoms with Crippen LogP contribution < -0.4 is 10.9 Å². The van der Waals surface area contributed by atoms with Crippen molar-refractivity contribution in [3.05, 3.63) is 65.9 Å². The highest BCUT2D eigenvalue weighted by molar-refractivity contribution is 5.84. The Morgan fingerprint density at radius 3 is 1.94 bits per heavy atom. The highest BCUT2D eigenvalue weighted by atomic mass is 16.5. The predicted molar refractivity (Wildman–Crippen MR) is 147 cm³/mol. The molecule has 0 atom stereocenters. The highest BCUT2D eigenvalue weighted by Crippen LogP contribution is 2.19. The van der Waals surface area contributed by atoms with Crippen molar-refractivity contribution in [1.82, 2.24) is 11.1 Å². The van der Waals surface area contributed by atoms with Crippen LogP contribution in [0.15, 0.2) is 54.7 Å². The number of aromatic amines is 1. The molecule has 0 radical (unpaired) electrons. The summed E-state index contributed by atoms with van der Waals surface area (Å²) in [4.78, 5) is 14.1. The van der Waals surface area contributed by atoms with E-state index in [9.17, 15) is 4.79 Å². The van der Waals surface area contributed by atoms with Crippen LogP contribution in [0, 0.1) is 12.8 Å². The lowest BCUT2D eigenvalue weighted by atomic mass is 10.1. The smallest absolute Gasteiger partial charge is 0.130 e. The van der Waals surface area contributed by atoms with Crippen LogP contribution in [0.5, 0.6) is 5.75 Å². The molecule has 3 rings (SSSR count). The van der Waals surface area contributed by atoms with Gasteiger partial charge in [-0.15, -0.1) is 12.8 Å². The maximum atomic E-state index is 10.9. The Morgan fingerprint density at radius 2 is 1.45 bits per heavy atom. The second-order valence-electron chi connectivity index (χ2n) is 6.73. The third-order valence-electron chi connectivity index (χ3n) is 4.49. The molecule has 0 amide bonds. The number of terminal acetylenes is 1. The van der Waals surface area contributed by atoms with Gasteiger partial charge in [0.25, 0.3) is 0 Å². The predicted octanol–water partition coefficient (Wildman–Crippen LogP) is 8.19. The number of aryl methyl sites for hydroxylation is 2. The number of methoxy groups -OCH3 is 1. The Bertz CT molecular complexity index is 841. The van der Waals surface area contributed by atoms with Crippen molar-refractivity contribution in [2.24, 2.45) is 0 Å². The molecule has 0 fully saturated rings. The summed E-state index contributed by atoms with van der Waals surface area (Å²) in [6.07, 6.45) is 15.1. The van der Waals surface area contributed by atoms with Crippen molar-refractivity contribution in [3.8, 4) is 18.6 Å². The van der Waals surface area contributed by atoms with Crippen LogP contribution >= 0.6 is 0 Å². The second kappa shape index (κ2) is 23.6. The van der Waals surface area contributed by atoms with Gasteiger partial charge in [-0.05, 0) is 43.0 Å². The minimum Gasteiger partial charge on any atom is -0.496 e.